The molecule has 2 aromatic heterocycles. The first kappa shape index (κ1) is 16.6. The smallest absolute Gasteiger partial charge is 0.234 e. The number of carbonyl (C=O) groups is 1. The largest absolute Gasteiger partial charge is 0.467 e. The molecular formula is C20H20FN3O2. The van der Waals surface area contributed by atoms with Crippen molar-refractivity contribution in [3.8, 4) is 0 Å². The number of nitrogens with one attached hydrogen (secondary N) is 1. The lowest BCUT2D eigenvalue weighted by Gasteiger charge is -2.36. The molecule has 6 heteroatoms. The van der Waals surface area contributed by atoms with Crippen LogP contribution in [0.3, 0.4) is 0 Å². The van der Waals surface area contributed by atoms with Gasteiger partial charge in [0, 0.05) is 25.0 Å². The Morgan fingerprint density at radius 3 is 2.77 bits per heavy atom. The van der Waals surface area contributed by atoms with Crippen molar-refractivity contribution < 1.29 is 13.6 Å². The zero-order chi connectivity index (χ0) is 17.9. The number of nitrogens with zero attached hydrogens (tertiary/aromatic N) is 2. The van der Waals surface area contributed by atoms with Gasteiger partial charge in [-0.25, -0.2) is 4.39 Å². The fourth-order valence-corrected chi connectivity index (χ4v) is 3.47. The van der Waals surface area contributed by atoms with Crippen molar-refractivity contribution in [2.75, 3.05) is 13.1 Å². The molecule has 1 amide bonds. The second kappa shape index (κ2) is 7.17. The van der Waals surface area contributed by atoms with Gasteiger partial charge in [-0.1, -0.05) is 12.1 Å². The van der Waals surface area contributed by atoms with Crippen molar-refractivity contribution in [3.05, 3.63) is 83.8 Å². The Bertz CT molecular complexity index is 871. The van der Waals surface area contributed by atoms with Gasteiger partial charge in [0.2, 0.25) is 5.91 Å². The molecule has 134 valence electrons. The summed E-state index contributed by atoms with van der Waals surface area (Å²) in [5.41, 5.74) is 2.09. The van der Waals surface area contributed by atoms with E-state index >= 15 is 0 Å². The summed E-state index contributed by atoms with van der Waals surface area (Å²) in [7, 11) is 0. The molecule has 1 N–H and O–H groups in total. The van der Waals surface area contributed by atoms with Gasteiger partial charge < -0.3 is 14.3 Å². The molecule has 0 radical (unpaired) electrons. The van der Waals surface area contributed by atoms with Crippen LogP contribution in [-0.4, -0.2) is 28.5 Å². The molecule has 1 aromatic carbocycles. The van der Waals surface area contributed by atoms with Gasteiger partial charge in [0.25, 0.3) is 0 Å². The average molecular weight is 353 g/mol. The van der Waals surface area contributed by atoms with Crippen molar-refractivity contribution in [2.24, 2.45) is 0 Å². The summed E-state index contributed by atoms with van der Waals surface area (Å²) in [5, 5.41) is 2.89. The van der Waals surface area contributed by atoms with Crippen LogP contribution in [0, 0.1) is 5.82 Å². The maximum absolute atomic E-state index is 13.3. The molecule has 26 heavy (non-hydrogen) atoms. The minimum absolute atomic E-state index is 0.0616. The molecule has 0 unspecified atom stereocenters. The van der Waals surface area contributed by atoms with Crippen LogP contribution in [0.4, 0.5) is 4.39 Å². The summed E-state index contributed by atoms with van der Waals surface area (Å²) in [5.74, 6) is 0.400. The van der Waals surface area contributed by atoms with Crippen molar-refractivity contribution >= 4 is 5.91 Å². The van der Waals surface area contributed by atoms with Crippen molar-refractivity contribution in [2.45, 2.75) is 19.1 Å². The van der Waals surface area contributed by atoms with E-state index in [0.29, 0.717) is 6.54 Å². The van der Waals surface area contributed by atoms with Crippen LogP contribution in [0.15, 0.2) is 65.4 Å². The first-order valence-corrected chi connectivity index (χ1v) is 8.64. The van der Waals surface area contributed by atoms with Gasteiger partial charge in [-0.3, -0.25) is 9.69 Å². The number of fused-ring (bicyclic) bond motifs is 1. The maximum atomic E-state index is 13.3. The van der Waals surface area contributed by atoms with Gasteiger partial charge in [0.15, 0.2) is 0 Å². The zero-order valence-corrected chi connectivity index (χ0v) is 14.3. The van der Waals surface area contributed by atoms with Gasteiger partial charge in [0.05, 0.1) is 25.4 Å². The van der Waals surface area contributed by atoms with Crippen LogP contribution >= 0.6 is 0 Å². The van der Waals surface area contributed by atoms with E-state index in [0.717, 1.165) is 30.1 Å². The third kappa shape index (κ3) is 3.41. The van der Waals surface area contributed by atoms with Crippen LogP contribution in [0.2, 0.25) is 0 Å². The van der Waals surface area contributed by atoms with Gasteiger partial charge in [-0.05, 0) is 42.0 Å². The number of benzene rings is 1. The average Bonchev–Trinajstić information content (AvgIpc) is 3.32. The van der Waals surface area contributed by atoms with Crippen LogP contribution in [0.25, 0.3) is 0 Å². The molecule has 0 aliphatic carbocycles. The SMILES string of the molecule is O=C(CN1CCn2cccc2[C@@H]1c1ccc(F)cc1)NCc1ccco1. The molecule has 3 heterocycles. The standard InChI is InChI=1S/C20H20FN3O2/c21-16-7-5-15(6-8-16)20-18-4-1-9-23(18)10-11-24(20)14-19(25)22-13-17-3-2-12-26-17/h1-9,12,20H,10-11,13-14H2,(H,22,25)/t20-/m0/s1. The van der Waals surface area contributed by atoms with Crippen LogP contribution in [0.1, 0.15) is 23.1 Å². The molecule has 3 aromatic rings. The summed E-state index contributed by atoms with van der Waals surface area (Å²) in [6, 6.07) is 14.1. The van der Waals surface area contributed by atoms with Gasteiger partial charge >= 0.3 is 0 Å². The highest BCUT2D eigenvalue weighted by Gasteiger charge is 2.30. The maximum Gasteiger partial charge on any atom is 0.234 e. The summed E-state index contributed by atoms with van der Waals surface area (Å²) >= 11 is 0. The lowest BCUT2D eigenvalue weighted by atomic mass is 10.00. The fourth-order valence-electron chi connectivity index (χ4n) is 3.47. The van der Waals surface area contributed by atoms with E-state index in [4.69, 9.17) is 4.42 Å². The highest BCUT2D eigenvalue weighted by atomic mass is 19.1. The van der Waals surface area contributed by atoms with Gasteiger partial charge in [-0.2, -0.15) is 0 Å². The first-order chi connectivity index (χ1) is 12.7. The van der Waals surface area contributed by atoms with Crippen molar-refractivity contribution in [1.82, 2.24) is 14.8 Å². The van der Waals surface area contributed by atoms with Crippen molar-refractivity contribution in [3.63, 3.8) is 0 Å². The Balaban J connectivity index is 1.52. The molecule has 5 nitrogen and oxygen atoms in total. The van der Waals surface area contributed by atoms with Gasteiger partial charge in [-0.15, -0.1) is 0 Å². The number of furan rings is 1. The molecule has 0 fully saturated rings. The third-order valence-electron chi connectivity index (χ3n) is 4.71. The third-order valence-corrected chi connectivity index (χ3v) is 4.71. The zero-order valence-electron chi connectivity index (χ0n) is 14.3. The lowest BCUT2D eigenvalue weighted by molar-refractivity contribution is -0.123. The monoisotopic (exact) mass is 353 g/mol. The van der Waals surface area contributed by atoms with Crippen LogP contribution in [0.5, 0.6) is 0 Å². The van der Waals surface area contributed by atoms with E-state index in [9.17, 15) is 9.18 Å². The van der Waals surface area contributed by atoms with E-state index in [-0.39, 0.29) is 24.3 Å². The van der Waals surface area contributed by atoms with Crippen molar-refractivity contribution in [1.29, 1.82) is 0 Å². The number of amides is 1. The minimum Gasteiger partial charge on any atom is -0.467 e. The van der Waals surface area contributed by atoms with E-state index < -0.39 is 0 Å². The Morgan fingerprint density at radius 1 is 1.15 bits per heavy atom. The van der Waals surface area contributed by atoms with Gasteiger partial charge in [0.1, 0.15) is 11.6 Å². The number of halogens is 1. The molecule has 0 spiro atoms. The second-order valence-electron chi connectivity index (χ2n) is 6.41. The molecular weight excluding hydrogens is 333 g/mol. The molecule has 4 rings (SSSR count). The Kier molecular flexibility index (Phi) is 4.58. The second-order valence-corrected chi connectivity index (χ2v) is 6.41. The summed E-state index contributed by atoms with van der Waals surface area (Å²) < 4.78 is 20.8. The number of aromatic nitrogens is 1. The molecule has 0 saturated heterocycles. The predicted molar refractivity (Wildman–Crippen MR) is 94.8 cm³/mol. The van der Waals surface area contributed by atoms with E-state index in [1.54, 1.807) is 24.5 Å². The van der Waals surface area contributed by atoms with Crippen LogP contribution in [-0.2, 0) is 17.9 Å². The molecule has 0 bridgehead atoms. The Morgan fingerprint density at radius 2 is 2.00 bits per heavy atom. The number of carbonyl (C=O) groups excluding carboxylic acids is 1. The Labute approximate surface area is 151 Å². The summed E-state index contributed by atoms with van der Waals surface area (Å²) in [4.78, 5) is 14.6. The normalized spacial score (nSPS) is 17.0. The van der Waals surface area contributed by atoms with E-state index in [2.05, 4.69) is 20.9 Å². The molecule has 1 aliphatic rings. The highest BCUT2D eigenvalue weighted by molar-refractivity contribution is 5.78. The highest BCUT2D eigenvalue weighted by Crippen LogP contribution is 2.32. The summed E-state index contributed by atoms with van der Waals surface area (Å²) in [6.45, 7) is 2.22. The molecule has 0 saturated carbocycles. The quantitative estimate of drug-likeness (QED) is 0.767. The predicted octanol–water partition coefficient (Wildman–Crippen LogP) is 2.94. The molecule has 1 atom stereocenters. The van der Waals surface area contributed by atoms with Crippen LogP contribution < -0.4 is 5.32 Å². The van der Waals surface area contributed by atoms with E-state index in [1.165, 1.54) is 12.1 Å². The van der Waals surface area contributed by atoms with E-state index in [1.807, 2.05) is 18.3 Å². The number of hydrogen-bond acceptors (Lipinski definition) is 3. The molecule has 1 aliphatic heterocycles. The topological polar surface area (TPSA) is 50.4 Å². The minimum atomic E-state index is -0.261. The number of hydrogen-bond donors (Lipinski definition) is 1. The fraction of sp³-hybridized carbons (Fsp3) is 0.250. The Hall–Kier alpha value is -2.86. The number of rotatable bonds is 5. The lowest BCUT2D eigenvalue weighted by Crippen LogP contribution is -2.44. The first-order valence-electron chi connectivity index (χ1n) is 8.64. The summed E-state index contributed by atoms with van der Waals surface area (Å²) in [6.07, 6.45) is 3.63.